The standard InChI is InChI=1S/C21H24ClFN2O3S/c1-13-7-8-15(11-18(13)22)24-21(26)17-12-16(9-10-19(17)23)29(27,28)25-20-6-4-3-5-14(20)2/h7-12,14,20,25H,3-6H2,1-2H3,(H,24,26)/t14-,20-/m1/s1. The lowest BCUT2D eigenvalue weighted by molar-refractivity contribution is 0.102. The van der Waals surface area contributed by atoms with E-state index in [1.807, 2.05) is 13.8 Å². The van der Waals surface area contributed by atoms with Gasteiger partial charge in [0.15, 0.2) is 0 Å². The number of aryl methyl sites for hydroxylation is 1. The predicted molar refractivity (Wildman–Crippen MR) is 112 cm³/mol. The van der Waals surface area contributed by atoms with Crippen LogP contribution in [0, 0.1) is 18.7 Å². The van der Waals surface area contributed by atoms with Crippen LogP contribution in [0.25, 0.3) is 0 Å². The van der Waals surface area contributed by atoms with Gasteiger partial charge in [0, 0.05) is 16.8 Å². The maximum Gasteiger partial charge on any atom is 0.258 e. The molecule has 2 N–H and O–H groups in total. The van der Waals surface area contributed by atoms with E-state index in [1.165, 1.54) is 6.07 Å². The van der Waals surface area contributed by atoms with Gasteiger partial charge in [-0.1, -0.05) is 37.4 Å². The second-order valence-electron chi connectivity index (χ2n) is 7.55. The Hall–Kier alpha value is -1.96. The molecule has 1 amide bonds. The number of nitrogens with one attached hydrogen (secondary N) is 2. The Labute approximate surface area is 175 Å². The van der Waals surface area contributed by atoms with Crippen molar-refractivity contribution >= 4 is 33.2 Å². The monoisotopic (exact) mass is 438 g/mol. The number of anilines is 1. The first kappa shape index (κ1) is 21.7. The van der Waals surface area contributed by atoms with Crippen LogP contribution in [-0.2, 0) is 10.0 Å². The largest absolute Gasteiger partial charge is 0.322 e. The van der Waals surface area contributed by atoms with Gasteiger partial charge in [-0.25, -0.2) is 17.5 Å². The van der Waals surface area contributed by atoms with Crippen LogP contribution in [0.3, 0.4) is 0 Å². The maximum absolute atomic E-state index is 14.3. The quantitative estimate of drug-likeness (QED) is 0.697. The van der Waals surface area contributed by atoms with Gasteiger partial charge in [0.05, 0.1) is 10.5 Å². The van der Waals surface area contributed by atoms with Gasteiger partial charge in [-0.3, -0.25) is 4.79 Å². The van der Waals surface area contributed by atoms with E-state index in [4.69, 9.17) is 11.6 Å². The lowest BCUT2D eigenvalue weighted by Crippen LogP contribution is -2.41. The van der Waals surface area contributed by atoms with Gasteiger partial charge in [0.2, 0.25) is 10.0 Å². The summed E-state index contributed by atoms with van der Waals surface area (Å²) in [4.78, 5) is 12.4. The summed E-state index contributed by atoms with van der Waals surface area (Å²) in [5, 5.41) is 3.02. The number of carbonyl (C=O) groups is 1. The van der Waals surface area contributed by atoms with Crippen molar-refractivity contribution in [1.82, 2.24) is 4.72 Å². The Balaban J connectivity index is 1.83. The minimum atomic E-state index is -3.87. The molecule has 0 spiro atoms. The van der Waals surface area contributed by atoms with Gasteiger partial charge < -0.3 is 5.32 Å². The molecule has 5 nitrogen and oxygen atoms in total. The molecule has 0 saturated heterocycles. The molecule has 2 aromatic carbocycles. The van der Waals surface area contributed by atoms with Crippen LogP contribution in [0.1, 0.15) is 48.5 Å². The number of rotatable bonds is 5. The number of halogens is 2. The summed E-state index contributed by atoms with van der Waals surface area (Å²) in [5.74, 6) is -1.32. The van der Waals surface area contributed by atoms with E-state index < -0.39 is 21.7 Å². The van der Waals surface area contributed by atoms with Crippen molar-refractivity contribution in [2.45, 2.75) is 50.5 Å². The van der Waals surface area contributed by atoms with E-state index in [1.54, 1.807) is 18.2 Å². The number of sulfonamides is 1. The summed E-state index contributed by atoms with van der Waals surface area (Å²) in [6.07, 6.45) is 3.78. The van der Waals surface area contributed by atoms with E-state index in [2.05, 4.69) is 10.0 Å². The number of amides is 1. The third-order valence-electron chi connectivity index (χ3n) is 5.34. The second-order valence-corrected chi connectivity index (χ2v) is 9.67. The van der Waals surface area contributed by atoms with E-state index in [0.29, 0.717) is 10.7 Å². The van der Waals surface area contributed by atoms with Crippen molar-refractivity contribution in [2.24, 2.45) is 5.92 Å². The molecule has 0 unspecified atom stereocenters. The normalized spacial score (nSPS) is 19.7. The van der Waals surface area contributed by atoms with Crippen LogP contribution < -0.4 is 10.0 Å². The fourth-order valence-corrected chi connectivity index (χ4v) is 5.06. The molecule has 2 aromatic rings. The van der Waals surface area contributed by atoms with Gasteiger partial charge in [-0.2, -0.15) is 0 Å². The van der Waals surface area contributed by atoms with E-state index >= 15 is 0 Å². The fraction of sp³-hybridized carbons (Fsp3) is 0.381. The highest BCUT2D eigenvalue weighted by Crippen LogP contribution is 2.26. The highest BCUT2D eigenvalue weighted by atomic mass is 35.5. The summed E-state index contributed by atoms with van der Waals surface area (Å²) in [6, 6.07) is 8.00. The Morgan fingerprint density at radius 2 is 1.86 bits per heavy atom. The lowest BCUT2D eigenvalue weighted by Gasteiger charge is -2.29. The summed E-state index contributed by atoms with van der Waals surface area (Å²) in [5.41, 5.74) is 0.889. The Morgan fingerprint density at radius 3 is 2.55 bits per heavy atom. The van der Waals surface area contributed by atoms with Crippen LogP contribution in [-0.4, -0.2) is 20.4 Å². The smallest absolute Gasteiger partial charge is 0.258 e. The van der Waals surface area contributed by atoms with Gasteiger partial charge in [0.25, 0.3) is 5.91 Å². The molecule has 1 aliphatic carbocycles. The topological polar surface area (TPSA) is 75.3 Å². The third-order valence-corrected chi connectivity index (χ3v) is 7.24. The molecular weight excluding hydrogens is 415 g/mol. The molecule has 0 bridgehead atoms. The average molecular weight is 439 g/mol. The van der Waals surface area contributed by atoms with Gasteiger partial charge >= 0.3 is 0 Å². The van der Waals surface area contributed by atoms with Crippen molar-refractivity contribution in [3.63, 3.8) is 0 Å². The second kappa shape index (κ2) is 8.81. The van der Waals surface area contributed by atoms with Crippen LogP contribution in [0.4, 0.5) is 10.1 Å². The Morgan fingerprint density at radius 1 is 1.14 bits per heavy atom. The van der Waals surface area contributed by atoms with Gasteiger partial charge in [0.1, 0.15) is 5.82 Å². The maximum atomic E-state index is 14.3. The first-order valence-electron chi connectivity index (χ1n) is 9.57. The summed E-state index contributed by atoms with van der Waals surface area (Å²) < 4.78 is 42.6. The van der Waals surface area contributed by atoms with Crippen LogP contribution in [0.15, 0.2) is 41.3 Å². The summed E-state index contributed by atoms with van der Waals surface area (Å²) in [6.45, 7) is 3.84. The zero-order valence-corrected chi connectivity index (χ0v) is 17.9. The molecule has 0 heterocycles. The zero-order valence-electron chi connectivity index (χ0n) is 16.3. The van der Waals surface area contributed by atoms with Crippen molar-refractivity contribution in [1.29, 1.82) is 0 Å². The fourth-order valence-electron chi connectivity index (χ4n) is 3.47. The molecule has 1 fully saturated rings. The zero-order chi connectivity index (χ0) is 21.2. The number of carbonyl (C=O) groups excluding carboxylic acids is 1. The first-order valence-corrected chi connectivity index (χ1v) is 11.4. The summed E-state index contributed by atoms with van der Waals surface area (Å²) >= 11 is 6.05. The molecule has 29 heavy (non-hydrogen) atoms. The Kier molecular flexibility index (Phi) is 6.61. The highest BCUT2D eigenvalue weighted by Gasteiger charge is 2.27. The SMILES string of the molecule is Cc1ccc(NC(=O)c2cc(S(=O)(=O)N[C@@H]3CCCC[C@H]3C)ccc2F)cc1Cl. The molecule has 156 valence electrons. The highest BCUT2D eigenvalue weighted by molar-refractivity contribution is 7.89. The van der Waals surface area contributed by atoms with E-state index in [9.17, 15) is 17.6 Å². The summed E-state index contributed by atoms with van der Waals surface area (Å²) in [7, 11) is -3.87. The molecule has 0 radical (unpaired) electrons. The van der Waals surface area contributed by atoms with Crippen molar-refractivity contribution in [3.05, 3.63) is 58.4 Å². The number of benzene rings is 2. The van der Waals surface area contributed by atoms with E-state index in [0.717, 1.165) is 43.4 Å². The lowest BCUT2D eigenvalue weighted by atomic mass is 9.87. The van der Waals surface area contributed by atoms with Crippen LogP contribution in [0.5, 0.6) is 0 Å². The minimum Gasteiger partial charge on any atom is -0.322 e. The van der Waals surface area contributed by atoms with Crippen LogP contribution in [0.2, 0.25) is 5.02 Å². The van der Waals surface area contributed by atoms with Crippen molar-refractivity contribution in [3.8, 4) is 0 Å². The Bertz CT molecular complexity index is 1030. The molecule has 1 saturated carbocycles. The number of hydrogen-bond donors (Lipinski definition) is 2. The average Bonchev–Trinajstić information content (AvgIpc) is 2.66. The van der Waals surface area contributed by atoms with Crippen molar-refractivity contribution < 1.29 is 17.6 Å². The third kappa shape index (κ3) is 5.15. The predicted octanol–water partition coefficient (Wildman–Crippen LogP) is 4.90. The molecular formula is C21H24ClFN2O3S. The molecule has 0 aromatic heterocycles. The first-order chi connectivity index (χ1) is 13.7. The molecule has 8 heteroatoms. The van der Waals surface area contributed by atoms with Crippen LogP contribution >= 0.6 is 11.6 Å². The number of hydrogen-bond acceptors (Lipinski definition) is 3. The molecule has 1 aliphatic rings. The van der Waals surface area contributed by atoms with Crippen molar-refractivity contribution in [2.75, 3.05) is 5.32 Å². The minimum absolute atomic E-state index is 0.135. The van der Waals surface area contributed by atoms with E-state index in [-0.39, 0.29) is 22.4 Å². The van der Waals surface area contributed by atoms with Gasteiger partial charge in [-0.05, 0) is 61.6 Å². The molecule has 3 rings (SSSR count). The van der Waals surface area contributed by atoms with Gasteiger partial charge in [-0.15, -0.1) is 0 Å². The molecule has 2 atom stereocenters. The molecule has 0 aliphatic heterocycles.